The first-order valence-corrected chi connectivity index (χ1v) is 8.23. The molecule has 19 heavy (non-hydrogen) atoms. The van der Waals surface area contributed by atoms with E-state index in [4.69, 9.17) is 17.0 Å². The Morgan fingerprint density at radius 1 is 1.47 bits per heavy atom. The highest BCUT2D eigenvalue weighted by molar-refractivity contribution is 7.98. The van der Waals surface area contributed by atoms with Gasteiger partial charge in [0.05, 0.1) is 12.8 Å². The van der Waals surface area contributed by atoms with Gasteiger partial charge in [-0.15, -0.1) is 0 Å². The number of rotatable bonds is 2. The molecule has 2 aliphatic heterocycles. The molecule has 3 atom stereocenters. The molecule has 7 heteroatoms. The molecule has 1 aromatic carbocycles. The highest BCUT2D eigenvalue weighted by Crippen LogP contribution is 2.36. The molecule has 0 radical (unpaired) electrons. The standard InChI is InChI=1S/C12H14N2O3S2/c1-17-11-5-3-2-4-9(11)14-10-7-19(15,16)6-8(10)13-12(14)18/h2-5,8,10H,6-7H2,1H3,(H-,13,15,16,18)/p+1/t8-,10-/m1/s1. The van der Waals surface area contributed by atoms with E-state index >= 15 is 0 Å². The molecule has 0 bridgehead atoms. The van der Waals surface area contributed by atoms with Crippen LogP contribution in [0.4, 0.5) is 5.69 Å². The summed E-state index contributed by atoms with van der Waals surface area (Å²) in [4.78, 5) is 1.90. The molecule has 0 aromatic heterocycles. The van der Waals surface area contributed by atoms with Crippen LogP contribution in [0.25, 0.3) is 0 Å². The van der Waals surface area contributed by atoms with Gasteiger partial charge in [0, 0.05) is 0 Å². The topological polar surface area (TPSA) is 61.8 Å². The quantitative estimate of drug-likeness (QED) is 0.630. The molecule has 2 saturated heterocycles. The summed E-state index contributed by atoms with van der Waals surface area (Å²) in [7, 11) is -1.14. The van der Waals surface area contributed by atoms with Gasteiger partial charge in [-0.2, -0.15) is 4.55 Å². The zero-order valence-electron chi connectivity index (χ0n) is 10.4. The van der Waals surface area contributed by atoms with Crippen molar-refractivity contribution in [3.63, 3.8) is 0 Å². The fourth-order valence-corrected chi connectivity index (χ4v) is 5.03. The number of anilines is 1. The number of nitrogens with zero attached hydrogens (tertiary/aromatic N) is 1. The van der Waals surface area contributed by atoms with Crippen LogP contribution < -0.4 is 15.0 Å². The molecule has 0 saturated carbocycles. The molecule has 2 N–H and O–H groups in total. The third-order valence-corrected chi connectivity index (χ3v) is 5.60. The lowest BCUT2D eigenvalue weighted by molar-refractivity contribution is 0.415. The lowest BCUT2D eigenvalue weighted by Gasteiger charge is -2.23. The summed E-state index contributed by atoms with van der Waals surface area (Å²) in [5.74, 6) is 1.20. The van der Waals surface area contributed by atoms with Crippen LogP contribution in [0.15, 0.2) is 24.3 Å². The second-order valence-corrected chi connectivity index (χ2v) is 7.37. The number of hydrogen-bond acceptors (Lipinski definition) is 3. The maximum atomic E-state index is 11.9. The molecule has 5 nitrogen and oxygen atoms in total. The molecule has 102 valence electrons. The van der Waals surface area contributed by atoms with Gasteiger partial charge < -0.3 is 15.0 Å². The molecule has 3 rings (SSSR count). The predicted molar refractivity (Wildman–Crippen MR) is 79.2 cm³/mol. The summed E-state index contributed by atoms with van der Waals surface area (Å²) in [6, 6.07) is 7.41. The van der Waals surface area contributed by atoms with Crippen LogP contribution in [0.2, 0.25) is 0 Å². The summed E-state index contributed by atoms with van der Waals surface area (Å²) in [5.41, 5.74) is 0.840. The van der Waals surface area contributed by atoms with Gasteiger partial charge in [-0.05, 0) is 24.4 Å². The van der Waals surface area contributed by atoms with Gasteiger partial charge in [-0.25, -0.2) is 0 Å². The van der Waals surface area contributed by atoms with Crippen LogP contribution >= 0.6 is 12.2 Å². The van der Waals surface area contributed by atoms with Crippen molar-refractivity contribution in [2.24, 2.45) is 0 Å². The number of hydrogen-bond donors (Lipinski definition) is 2. The second kappa shape index (κ2) is 4.43. The number of nitrogens with one attached hydrogen (secondary N) is 1. The average molecular weight is 299 g/mol. The monoisotopic (exact) mass is 299 g/mol. The first-order chi connectivity index (χ1) is 9.02. The minimum atomic E-state index is -2.74. The van der Waals surface area contributed by atoms with E-state index in [1.54, 1.807) is 7.11 Å². The molecule has 0 spiro atoms. The van der Waals surface area contributed by atoms with Crippen LogP contribution in [0.3, 0.4) is 0 Å². The Bertz CT molecular complexity index is 578. The summed E-state index contributed by atoms with van der Waals surface area (Å²) >= 11 is 5.34. The number of para-hydroxylation sites is 2. The van der Waals surface area contributed by atoms with Crippen molar-refractivity contribution in [3.8, 4) is 5.75 Å². The first-order valence-electron chi connectivity index (χ1n) is 5.96. The Balaban J connectivity index is 2.00. The third kappa shape index (κ3) is 2.11. The van der Waals surface area contributed by atoms with E-state index in [2.05, 4.69) is 5.32 Å². The van der Waals surface area contributed by atoms with Gasteiger partial charge >= 0.3 is 0 Å². The Morgan fingerprint density at radius 2 is 2.21 bits per heavy atom. The molecule has 1 unspecified atom stereocenters. The van der Waals surface area contributed by atoms with Crippen LogP contribution in [0.5, 0.6) is 5.75 Å². The highest BCUT2D eigenvalue weighted by atomic mass is 32.3. The lowest BCUT2D eigenvalue weighted by atomic mass is 10.1. The maximum absolute atomic E-state index is 11.9. The van der Waals surface area contributed by atoms with Crippen LogP contribution in [-0.2, 0) is 14.4 Å². The Labute approximate surface area is 118 Å². The fourth-order valence-electron chi connectivity index (χ4n) is 2.73. The van der Waals surface area contributed by atoms with Crippen molar-refractivity contribution in [3.05, 3.63) is 24.3 Å². The van der Waals surface area contributed by atoms with E-state index < -0.39 is 10.2 Å². The van der Waals surface area contributed by atoms with Crippen LogP contribution in [0.1, 0.15) is 0 Å². The molecule has 0 amide bonds. The summed E-state index contributed by atoms with van der Waals surface area (Å²) < 4.78 is 27.0. The number of ether oxygens (including phenoxy) is 1. The highest BCUT2D eigenvalue weighted by Gasteiger charge is 2.54. The average Bonchev–Trinajstić information content (AvgIpc) is 2.79. The molecular weight excluding hydrogens is 284 g/mol. The Hall–Kier alpha value is -1.18. The van der Waals surface area contributed by atoms with Gasteiger partial charge in [-0.1, -0.05) is 16.3 Å². The van der Waals surface area contributed by atoms with Crippen LogP contribution in [0, 0.1) is 0 Å². The van der Waals surface area contributed by atoms with Gasteiger partial charge in [0.2, 0.25) is 10.2 Å². The molecule has 2 fully saturated rings. The van der Waals surface area contributed by atoms with E-state index in [1.165, 1.54) is 0 Å². The van der Waals surface area contributed by atoms with Crippen molar-refractivity contribution in [2.45, 2.75) is 12.1 Å². The SMILES string of the molecule is COc1ccccc1N1C(=S)N[C@@H]2C[S+](=O)(O)C[C@H]21. The number of thiocarbonyl (C=S) groups is 1. The van der Waals surface area contributed by atoms with Gasteiger partial charge in [-0.3, -0.25) is 0 Å². The molecule has 1 aromatic rings. The third-order valence-electron chi connectivity index (χ3n) is 3.54. The second-order valence-electron chi connectivity index (χ2n) is 4.77. The normalized spacial score (nSPS) is 33.2. The number of methoxy groups -OCH3 is 1. The minimum absolute atomic E-state index is 0.0603. The van der Waals surface area contributed by atoms with E-state index in [0.717, 1.165) is 5.69 Å². The van der Waals surface area contributed by atoms with Gasteiger partial charge in [0.25, 0.3) is 0 Å². The lowest BCUT2D eigenvalue weighted by Crippen LogP contribution is -2.37. The number of benzene rings is 1. The summed E-state index contributed by atoms with van der Waals surface area (Å²) in [6.45, 7) is 0. The van der Waals surface area contributed by atoms with Gasteiger partial charge in [0.15, 0.2) is 16.6 Å². The van der Waals surface area contributed by atoms with E-state index in [1.807, 2.05) is 29.2 Å². The summed E-state index contributed by atoms with van der Waals surface area (Å²) in [5, 5.41) is 3.73. The summed E-state index contributed by atoms with van der Waals surface area (Å²) in [6.07, 6.45) is 0. The van der Waals surface area contributed by atoms with Crippen LogP contribution in [-0.4, -0.2) is 40.4 Å². The van der Waals surface area contributed by atoms with E-state index in [0.29, 0.717) is 10.9 Å². The largest absolute Gasteiger partial charge is 0.495 e. The number of fused-ring (bicyclic) bond motifs is 1. The van der Waals surface area contributed by atoms with E-state index in [-0.39, 0.29) is 23.6 Å². The molecule has 0 aliphatic carbocycles. The predicted octanol–water partition coefficient (Wildman–Crippen LogP) is 1.11. The van der Waals surface area contributed by atoms with Gasteiger partial charge in [0.1, 0.15) is 17.8 Å². The zero-order valence-corrected chi connectivity index (χ0v) is 12.0. The molecule has 2 aliphatic rings. The molecule has 2 heterocycles. The van der Waals surface area contributed by atoms with Crippen molar-refractivity contribution < 1.29 is 13.5 Å². The maximum Gasteiger partial charge on any atom is 0.218 e. The van der Waals surface area contributed by atoms with E-state index in [9.17, 15) is 8.76 Å². The Kier molecular flexibility index (Phi) is 2.99. The molecular formula is C12H15N2O3S2+. The van der Waals surface area contributed by atoms with Crippen molar-refractivity contribution in [1.82, 2.24) is 5.32 Å². The van der Waals surface area contributed by atoms with Crippen molar-refractivity contribution >= 4 is 33.2 Å². The first kappa shape index (κ1) is 12.8. The van der Waals surface area contributed by atoms with Crippen molar-refractivity contribution in [2.75, 3.05) is 23.5 Å². The minimum Gasteiger partial charge on any atom is -0.495 e. The van der Waals surface area contributed by atoms with Crippen molar-refractivity contribution in [1.29, 1.82) is 0 Å². The zero-order chi connectivity index (χ0) is 13.6. The smallest absolute Gasteiger partial charge is 0.218 e. The Morgan fingerprint density at radius 3 is 2.95 bits per heavy atom. The fraction of sp³-hybridized carbons (Fsp3) is 0.417.